The number of rotatable bonds is 3. The summed E-state index contributed by atoms with van der Waals surface area (Å²) in [5.41, 5.74) is 21.2. The van der Waals surface area contributed by atoms with Crippen LogP contribution in [0.1, 0.15) is 136 Å². The van der Waals surface area contributed by atoms with Gasteiger partial charge in [0.15, 0.2) is 0 Å². The van der Waals surface area contributed by atoms with Crippen LogP contribution in [-0.2, 0) is 27.1 Å². The van der Waals surface area contributed by atoms with Gasteiger partial charge in [0.05, 0.1) is 5.52 Å². The third-order valence-electron chi connectivity index (χ3n) is 14.9. The molecule has 320 valence electrons. The van der Waals surface area contributed by atoms with Crippen molar-refractivity contribution < 1.29 is 0 Å². The second-order valence-electron chi connectivity index (χ2n) is 23.5. The van der Waals surface area contributed by atoms with Crippen LogP contribution in [0.5, 0.6) is 0 Å². The molecule has 10 rings (SSSR count). The number of aromatic nitrogens is 1. The van der Waals surface area contributed by atoms with E-state index in [9.17, 15) is 0 Å². The number of hydrogen-bond donors (Lipinski definition) is 0. The van der Waals surface area contributed by atoms with Crippen molar-refractivity contribution in [3.8, 4) is 5.69 Å². The van der Waals surface area contributed by atoms with Crippen LogP contribution in [0.4, 0.5) is 34.3 Å². The highest BCUT2D eigenvalue weighted by molar-refractivity contribution is 7.01. The number of para-hydroxylation sites is 1. The van der Waals surface area contributed by atoms with E-state index >= 15 is 0 Å². The summed E-state index contributed by atoms with van der Waals surface area (Å²) in [5.74, 6) is 1.24. The van der Waals surface area contributed by atoms with Gasteiger partial charge >= 0.3 is 0 Å². The van der Waals surface area contributed by atoms with Crippen molar-refractivity contribution in [3.63, 3.8) is 0 Å². The molecule has 0 spiro atoms. The lowest BCUT2D eigenvalue weighted by molar-refractivity contribution is 0.332. The van der Waals surface area contributed by atoms with Crippen molar-refractivity contribution in [2.75, 3.05) is 9.80 Å². The Kier molecular flexibility index (Phi) is 9.07. The third kappa shape index (κ3) is 6.52. The minimum absolute atomic E-state index is 0.0108. The number of hydrogen-bond acceptors (Lipinski definition) is 2. The first-order valence-electron chi connectivity index (χ1n) is 23.4. The van der Waals surface area contributed by atoms with Crippen molar-refractivity contribution in [1.29, 1.82) is 0 Å². The Labute approximate surface area is 378 Å². The Bertz CT molecular complexity index is 2940. The molecule has 1 aromatic heterocycles. The molecule has 3 heterocycles. The van der Waals surface area contributed by atoms with Crippen molar-refractivity contribution >= 4 is 68.3 Å². The first kappa shape index (κ1) is 41.5. The van der Waals surface area contributed by atoms with E-state index in [1.165, 1.54) is 113 Å². The molecule has 0 saturated carbocycles. The maximum Gasteiger partial charge on any atom is 0.255 e. The lowest BCUT2D eigenvalue weighted by Gasteiger charge is -2.44. The molecule has 2 aliphatic heterocycles. The van der Waals surface area contributed by atoms with Crippen LogP contribution < -0.4 is 26.2 Å². The lowest BCUT2D eigenvalue weighted by atomic mass is 9.33. The fourth-order valence-electron chi connectivity index (χ4n) is 11.0. The molecular weight excluding hydrogens is 761 g/mol. The summed E-state index contributed by atoms with van der Waals surface area (Å²) in [5, 5.41) is 1.35. The molecule has 0 N–H and O–H groups in total. The standard InChI is InChI=1S/C59H66BN3/c1-37-32-50-53-51(33-37)63(43-27-22-39(23-28-43)56(5,6)7)54-52(44-35-45-46(59(13,14)31-30-58(45,11)12)36-49(44)62(54)41-18-16-15-17-19-41)60(53)47-34-40(57(8,9)10)24-29-48(47)61(50)42-25-20-38(21-26-42)55(2,3)4/h15-29,32-36H,30-31H2,1-14H3. The van der Waals surface area contributed by atoms with Gasteiger partial charge in [-0.25, -0.2) is 0 Å². The van der Waals surface area contributed by atoms with E-state index in [2.05, 4.69) is 233 Å². The highest BCUT2D eigenvalue weighted by Gasteiger charge is 2.48. The number of fused-ring (bicyclic) bond motifs is 7. The number of aryl methyl sites for hydroxylation is 1. The van der Waals surface area contributed by atoms with Crippen LogP contribution in [0, 0.1) is 6.92 Å². The van der Waals surface area contributed by atoms with Crippen molar-refractivity contribution in [3.05, 3.63) is 155 Å². The minimum Gasteiger partial charge on any atom is -0.311 e. The normalized spacial score (nSPS) is 16.4. The first-order chi connectivity index (χ1) is 29.5. The summed E-state index contributed by atoms with van der Waals surface area (Å²) in [6.07, 6.45) is 2.34. The van der Waals surface area contributed by atoms with Crippen LogP contribution in [0.3, 0.4) is 0 Å². The Morgan fingerprint density at radius 3 is 1.51 bits per heavy atom. The molecule has 0 atom stereocenters. The van der Waals surface area contributed by atoms with Gasteiger partial charge in [-0.15, -0.1) is 0 Å². The zero-order chi connectivity index (χ0) is 44.8. The summed E-state index contributed by atoms with van der Waals surface area (Å²) >= 11 is 0. The van der Waals surface area contributed by atoms with E-state index < -0.39 is 0 Å². The highest BCUT2D eigenvalue weighted by Crippen LogP contribution is 2.51. The van der Waals surface area contributed by atoms with E-state index in [4.69, 9.17) is 0 Å². The zero-order valence-corrected chi connectivity index (χ0v) is 40.4. The molecule has 0 amide bonds. The molecule has 3 aliphatic rings. The van der Waals surface area contributed by atoms with Crippen LogP contribution in [0.2, 0.25) is 0 Å². The van der Waals surface area contributed by atoms with Crippen molar-refractivity contribution in [2.45, 2.75) is 137 Å². The molecule has 1 aliphatic carbocycles. The fourth-order valence-corrected chi connectivity index (χ4v) is 11.0. The van der Waals surface area contributed by atoms with E-state index in [0.29, 0.717) is 0 Å². The predicted molar refractivity (Wildman–Crippen MR) is 273 cm³/mol. The predicted octanol–water partition coefficient (Wildman–Crippen LogP) is 14.3. The first-order valence-corrected chi connectivity index (χ1v) is 23.4. The maximum absolute atomic E-state index is 2.65. The van der Waals surface area contributed by atoms with Gasteiger partial charge in [0.1, 0.15) is 5.82 Å². The van der Waals surface area contributed by atoms with E-state index in [0.717, 1.165) is 0 Å². The molecular formula is C59H66BN3. The van der Waals surface area contributed by atoms with Gasteiger partial charge in [-0.2, -0.15) is 0 Å². The Balaban J connectivity index is 1.39. The monoisotopic (exact) mass is 828 g/mol. The Morgan fingerprint density at radius 1 is 0.476 bits per heavy atom. The molecule has 0 saturated heterocycles. The summed E-state index contributed by atoms with van der Waals surface area (Å²) in [6, 6.07) is 47.6. The van der Waals surface area contributed by atoms with Gasteiger partial charge in [-0.05, 0) is 169 Å². The summed E-state index contributed by atoms with van der Waals surface area (Å²) in [7, 11) is 0. The molecule has 0 fully saturated rings. The molecule has 0 unspecified atom stereocenters. The highest BCUT2D eigenvalue weighted by atomic mass is 15.3. The largest absolute Gasteiger partial charge is 0.311 e. The minimum atomic E-state index is -0.0321. The average molecular weight is 828 g/mol. The zero-order valence-electron chi connectivity index (χ0n) is 40.4. The van der Waals surface area contributed by atoms with E-state index in [-0.39, 0.29) is 33.8 Å². The van der Waals surface area contributed by atoms with Gasteiger partial charge in [0.25, 0.3) is 6.71 Å². The van der Waals surface area contributed by atoms with Gasteiger partial charge in [0, 0.05) is 34.1 Å². The van der Waals surface area contributed by atoms with Crippen molar-refractivity contribution in [2.24, 2.45) is 0 Å². The lowest BCUT2D eigenvalue weighted by Crippen LogP contribution is -2.61. The molecule has 0 bridgehead atoms. The topological polar surface area (TPSA) is 11.4 Å². The van der Waals surface area contributed by atoms with Gasteiger partial charge in [0.2, 0.25) is 0 Å². The second kappa shape index (κ2) is 13.8. The Hall–Kier alpha value is -5.48. The number of benzene rings is 6. The van der Waals surface area contributed by atoms with Gasteiger partial charge < -0.3 is 4.90 Å². The number of nitrogens with zero attached hydrogens (tertiary/aromatic N) is 3. The van der Waals surface area contributed by atoms with Gasteiger partial charge in [-0.1, -0.05) is 145 Å². The molecule has 3 nitrogen and oxygen atoms in total. The molecule has 6 aromatic carbocycles. The Morgan fingerprint density at radius 2 is 0.968 bits per heavy atom. The maximum atomic E-state index is 2.65. The summed E-state index contributed by atoms with van der Waals surface area (Å²) in [6.45, 7) is 33.1. The van der Waals surface area contributed by atoms with Crippen LogP contribution in [-0.4, -0.2) is 11.3 Å². The molecule has 7 aromatic rings. The van der Waals surface area contributed by atoms with Crippen LogP contribution >= 0.6 is 0 Å². The van der Waals surface area contributed by atoms with E-state index in [1.807, 2.05) is 0 Å². The third-order valence-corrected chi connectivity index (χ3v) is 14.9. The summed E-state index contributed by atoms with van der Waals surface area (Å²) in [4.78, 5) is 5.21. The summed E-state index contributed by atoms with van der Waals surface area (Å²) < 4.78 is 2.62. The average Bonchev–Trinajstić information content (AvgIpc) is 3.55. The van der Waals surface area contributed by atoms with Gasteiger partial charge in [-0.3, -0.25) is 9.47 Å². The quantitative estimate of drug-likeness (QED) is 0.164. The number of anilines is 6. The fraction of sp³-hybridized carbons (Fsp3) is 0.356. The van der Waals surface area contributed by atoms with Crippen molar-refractivity contribution in [1.82, 2.24) is 4.57 Å². The molecule has 63 heavy (non-hydrogen) atoms. The van der Waals surface area contributed by atoms with Crippen LogP contribution in [0.15, 0.2) is 121 Å². The second-order valence-corrected chi connectivity index (χ2v) is 23.5. The molecule has 4 heteroatoms. The SMILES string of the molecule is Cc1cc2c3c(c1)N(c1ccc(C(C)(C)C)cc1)c1c(c4cc5c(cc4n1-c1ccccc1)C(C)(C)CCC5(C)C)B3c1cc(C(C)(C)C)ccc1N2c1ccc(C(C)(C)C)cc1. The van der Waals surface area contributed by atoms with E-state index in [1.54, 1.807) is 0 Å². The van der Waals surface area contributed by atoms with Crippen LogP contribution in [0.25, 0.3) is 16.6 Å². The smallest absolute Gasteiger partial charge is 0.255 e. The molecule has 0 radical (unpaired) electrons.